The molecule has 1 rings (SSSR count). The molecule has 1 saturated heterocycles. The summed E-state index contributed by atoms with van der Waals surface area (Å²) in [7, 11) is 0. The first-order valence-electron chi connectivity index (χ1n) is 30.4. The number of unbranched alkanes of at least 4 members (excludes halogenated alkanes) is 41. The number of allylic oxidation sites excluding steroid dienone is 2. The van der Waals surface area contributed by atoms with Gasteiger partial charge in [-0.25, -0.2) is 0 Å². The van der Waals surface area contributed by atoms with Crippen LogP contribution < -0.4 is 5.32 Å². The van der Waals surface area contributed by atoms with Crippen molar-refractivity contribution in [2.24, 2.45) is 0 Å². The molecular formula is C60H117NO8. The second-order valence-corrected chi connectivity index (χ2v) is 21.5. The standard InChI is InChI=1S/C60H117NO8/c1-3-5-7-9-11-13-14-15-16-17-18-19-20-21-22-23-24-25-26-27-28-29-30-31-32-33-34-35-36-37-38-39-40-42-44-46-48-50-56(64)61-53(54(63)49-47-45-43-41-12-10-8-6-4-2)52-68-60-59(67)58(66)57(65)55(51-62)69-60/h25-26,53-55,57-60,62-63,65-67H,3-24,27-52H2,1-2H3,(H,61,64)/b26-25-. The van der Waals surface area contributed by atoms with Gasteiger partial charge in [0.25, 0.3) is 0 Å². The molecule has 9 nitrogen and oxygen atoms in total. The number of aliphatic hydroxyl groups is 5. The quantitative estimate of drug-likeness (QED) is 0.0261. The molecule has 0 aromatic heterocycles. The molecule has 0 bridgehead atoms. The van der Waals surface area contributed by atoms with E-state index in [-0.39, 0.29) is 12.5 Å². The number of carbonyl (C=O) groups excluding carboxylic acids is 1. The molecule has 0 radical (unpaired) electrons. The monoisotopic (exact) mass is 980 g/mol. The number of rotatable bonds is 53. The third-order valence-electron chi connectivity index (χ3n) is 14.9. The van der Waals surface area contributed by atoms with Gasteiger partial charge >= 0.3 is 0 Å². The lowest BCUT2D eigenvalue weighted by atomic mass is 9.99. The second kappa shape index (κ2) is 50.5. The van der Waals surface area contributed by atoms with Gasteiger partial charge < -0.3 is 40.3 Å². The summed E-state index contributed by atoms with van der Waals surface area (Å²) in [6, 6.07) is -0.713. The van der Waals surface area contributed by atoms with Gasteiger partial charge in [0.15, 0.2) is 6.29 Å². The third kappa shape index (κ3) is 40.1. The fourth-order valence-electron chi connectivity index (χ4n) is 10.0. The van der Waals surface area contributed by atoms with Crippen LogP contribution in [-0.2, 0) is 14.3 Å². The summed E-state index contributed by atoms with van der Waals surface area (Å²) < 4.78 is 11.3. The van der Waals surface area contributed by atoms with Crippen molar-refractivity contribution >= 4 is 5.91 Å². The Bertz CT molecular complexity index is 1090. The van der Waals surface area contributed by atoms with E-state index in [0.29, 0.717) is 12.8 Å². The summed E-state index contributed by atoms with van der Waals surface area (Å²) in [5.74, 6) is -0.141. The predicted molar refractivity (Wildman–Crippen MR) is 291 cm³/mol. The number of aliphatic hydroxyl groups excluding tert-OH is 5. The molecule has 6 N–H and O–H groups in total. The molecular weight excluding hydrogens is 863 g/mol. The van der Waals surface area contributed by atoms with Crippen molar-refractivity contribution in [1.82, 2.24) is 5.32 Å². The van der Waals surface area contributed by atoms with Gasteiger partial charge in [-0.05, 0) is 38.5 Å². The smallest absolute Gasteiger partial charge is 0.220 e. The van der Waals surface area contributed by atoms with Gasteiger partial charge in [-0.3, -0.25) is 4.79 Å². The first-order valence-corrected chi connectivity index (χ1v) is 30.4. The lowest BCUT2D eigenvalue weighted by Gasteiger charge is -2.40. The van der Waals surface area contributed by atoms with E-state index in [9.17, 15) is 30.3 Å². The van der Waals surface area contributed by atoms with Gasteiger partial charge in [-0.2, -0.15) is 0 Å². The summed E-state index contributed by atoms with van der Waals surface area (Å²) >= 11 is 0. The molecule has 0 aliphatic carbocycles. The van der Waals surface area contributed by atoms with Crippen LogP contribution in [0.15, 0.2) is 12.2 Å². The molecule has 7 atom stereocenters. The van der Waals surface area contributed by atoms with Crippen molar-refractivity contribution in [3.63, 3.8) is 0 Å². The third-order valence-corrected chi connectivity index (χ3v) is 14.9. The topological polar surface area (TPSA) is 149 Å². The van der Waals surface area contributed by atoms with Crippen LogP contribution >= 0.6 is 0 Å². The van der Waals surface area contributed by atoms with Gasteiger partial charge in [-0.15, -0.1) is 0 Å². The first kappa shape index (κ1) is 65.9. The summed E-state index contributed by atoms with van der Waals surface area (Å²) in [6.45, 7) is 3.84. The Labute approximate surface area is 426 Å². The summed E-state index contributed by atoms with van der Waals surface area (Å²) in [6.07, 6.45) is 55.9. The molecule has 410 valence electrons. The molecule has 1 fully saturated rings. The maximum atomic E-state index is 13.0. The Kier molecular flexibility index (Phi) is 48.2. The van der Waals surface area contributed by atoms with Crippen molar-refractivity contribution in [3.05, 3.63) is 12.2 Å². The molecule has 0 saturated carbocycles. The molecule has 1 aliphatic rings. The maximum absolute atomic E-state index is 13.0. The van der Waals surface area contributed by atoms with Crippen LogP contribution in [0.5, 0.6) is 0 Å². The Hall–Kier alpha value is -1.07. The minimum Gasteiger partial charge on any atom is -0.394 e. The molecule has 69 heavy (non-hydrogen) atoms. The van der Waals surface area contributed by atoms with Crippen molar-refractivity contribution in [2.75, 3.05) is 13.2 Å². The van der Waals surface area contributed by atoms with Gasteiger partial charge in [0.05, 0.1) is 25.4 Å². The van der Waals surface area contributed by atoms with Crippen LogP contribution in [0.1, 0.15) is 309 Å². The molecule has 1 heterocycles. The minimum absolute atomic E-state index is 0.134. The molecule has 7 unspecified atom stereocenters. The SMILES string of the molecule is CCCCCCCCCCCCCCCCCC/C=C\CCCCCCCCCCCCCCCCCCCC(=O)NC(COC1OC(CO)C(O)C(O)C1O)C(O)CCCCCCCCCCC. The number of nitrogens with one attached hydrogen (secondary N) is 1. The second-order valence-electron chi connectivity index (χ2n) is 21.5. The zero-order chi connectivity index (χ0) is 50.1. The summed E-state index contributed by atoms with van der Waals surface area (Å²) in [5, 5.41) is 54.4. The van der Waals surface area contributed by atoms with Gasteiger partial charge in [0.1, 0.15) is 24.4 Å². The minimum atomic E-state index is -1.55. The van der Waals surface area contributed by atoms with Gasteiger partial charge in [0, 0.05) is 6.42 Å². The number of ether oxygens (including phenoxy) is 2. The van der Waals surface area contributed by atoms with Crippen molar-refractivity contribution in [3.8, 4) is 0 Å². The Balaban J connectivity index is 1.99. The summed E-state index contributed by atoms with van der Waals surface area (Å²) in [5.41, 5.74) is 0. The normalized spacial score (nSPS) is 19.4. The lowest BCUT2D eigenvalue weighted by molar-refractivity contribution is -0.302. The highest BCUT2D eigenvalue weighted by atomic mass is 16.7. The Morgan fingerprint density at radius 3 is 1.17 bits per heavy atom. The van der Waals surface area contributed by atoms with E-state index < -0.39 is 49.5 Å². The van der Waals surface area contributed by atoms with E-state index >= 15 is 0 Å². The fraction of sp³-hybridized carbons (Fsp3) is 0.950. The molecule has 9 heteroatoms. The molecule has 1 aliphatic heterocycles. The molecule has 0 spiro atoms. The predicted octanol–water partition coefficient (Wildman–Crippen LogP) is 15.2. The fourth-order valence-corrected chi connectivity index (χ4v) is 10.0. The van der Waals surface area contributed by atoms with E-state index in [1.165, 1.54) is 244 Å². The number of hydrogen-bond donors (Lipinski definition) is 6. The zero-order valence-corrected chi connectivity index (χ0v) is 45.6. The zero-order valence-electron chi connectivity index (χ0n) is 45.6. The average Bonchev–Trinajstić information content (AvgIpc) is 3.35. The van der Waals surface area contributed by atoms with Crippen LogP contribution in [0.3, 0.4) is 0 Å². The highest BCUT2D eigenvalue weighted by molar-refractivity contribution is 5.76. The molecule has 0 aromatic rings. The van der Waals surface area contributed by atoms with E-state index in [4.69, 9.17) is 9.47 Å². The van der Waals surface area contributed by atoms with E-state index in [1.54, 1.807) is 0 Å². The van der Waals surface area contributed by atoms with Gasteiger partial charge in [-0.1, -0.05) is 276 Å². The van der Waals surface area contributed by atoms with Crippen LogP contribution in [0, 0.1) is 0 Å². The van der Waals surface area contributed by atoms with E-state index in [2.05, 4.69) is 31.3 Å². The van der Waals surface area contributed by atoms with Crippen LogP contribution in [0.4, 0.5) is 0 Å². The molecule has 1 amide bonds. The first-order chi connectivity index (χ1) is 33.8. The van der Waals surface area contributed by atoms with Crippen molar-refractivity contribution in [2.45, 2.75) is 352 Å². The highest BCUT2D eigenvalue weighted by Crippen LogP contribution is 2.23. The van der Waals surface area contributed by atoms with Crippen LogP contribution in [0.2, 0.25) is 0 Å². The highest BCUT2D eigenvalue weighted by Gasteiger charge is 2.44. The maximum Gasteiger partial charge on any atom is 0.220 e. The van der Waals surface area contributed by atoms with E-state index in [1.807, 2.05) is 0 Å². The summed E-state index contributed by atoms with van der Waals surface area (Å²) in [4.78, 5) is 13.0. The van der Waals surface area contributed by atoms with Crippen molar-refractivity contribution < 1.29 is 39.8 Å². The Morgan fingerprint density at radius 1 is 0.478 bits per heavy atom. The molecule has 0 aromatic carbocycles. The number of hydrogen-bond acceptors (Lipinski definition) is 8. The Morgan fingerprint density at radius 2 is 0.812 bits per heavy atom. The largest absolute Gasteiger partial charge is 0.394 e. The number of carbonyl (C=O) groups is 1. The van der Waals surface area contributed by atoms with Crippen LogP contribution in [0.25, 0.3) is 0 Å². The number of amides is 1. The van der Waals surface area contributed by atoms with Gasteiger partial charge in [0.2, 0.25) is 5.91 Å². The van der Waals surface area contributed by atoms with E-state index in [0.717, 1.165) is 38.5 Å². The van der Waals surface area contributed by atoms with Crippen molar-refractivity contribution in [1.29, 1.82) is 0 Å². The lowest BCUT2D eigenvalue weighted by Crippen LogP contribution is -2.60. The average molecular weight is 981 g/mol. The van der Waals surface area contributed by atoms with Crippen LogP contribution in [-0.4, -0.2) is 87.5 Å².